The van der Waals surface area contributed by atoms with Gasteiger partial charge in [-0.3, -0.25) is 14.9 Å². The second-order valence-electron chi connectivity index (χ2n) is 8.52. The van der Waals surface area contributed by atoms with Gasteiger partial charge in [-0.25, -0.2) is 9.37 Å². The van der Waals surface area contributed by atoms with E-state index in [2.05, 4.69) is 15.3 Å². The molecule has 0 aliphatic carbocycles. The van der Waals surface area contributed by atoms with Crippen LogP contribution in [-0.2, 0) is 11.3 Å². The molecule has 7 nitrogen and oxygen atoms in total. The monoisotopic (exact) mass is 498 g/mol. The zero-order valence-corrected chi connectivity index (χ0v) is 19.6. The number of hydrogen-bond acceptors (Lipinski definition) is 5. The number of hydrogen-bond donors (Lipinski definition) is 3. The summed E-state index contributed by atoms with van der Waals surface area (Å²) in [4.78, 5) is 35.6. The number of phenolic OH excluding ortho intramolecular Hbond substituents is 1. The lowest BCUT2D eigenvalue weighted by Gasteiger charge is -2.27. The van der Waals surface area contributed by atoms with Gasteiger partial charge in [0.25, 0.3) is 11.8 Å². The Labute approximate surface area is 208 Å². The molecule has 1 aliphatic rings. The first-order valence-corrected chi connectivity index (χ1v) is 12.1. The molecule has 0 spiro atoms. The van der Waals surface area contributed by atoms with E-state index in [1.54, 1.807) is 5.38 Å². The average Bonchev–Trinajstić information content (AvgIpc) is 3.62. The number of thiazole rings is 1. The predicted octanol–water partition coefficient (Wildman–Crippen LogP) is 5.47. The van der Waals surface area contributed by atoms with Crippen LogP contribution in [0.3, 0.4) is 0 Å². The molecule has 36 heavy (non-hydrogen) atoms. The number of rotatable bonds is 5. The number of aromatic nitrogens is 2. The SMILES string of the molecule is O=C(Nc1nccs1)C(c1cc(F)ccc1O)N1Cc2ccc(-c3ccc4[nH]ccc4c3)cc2C1=O. The molecule has 0 fully saturated rings. The van der Waals surface area contributed by atoms with Crippen LogP contribution in [0.5, 0.6) is 5.75 Å². The maximum absolute atomic E-state index is 14.2. The molecule has 2 aromatic heterocycles. The minimum absolute atomic E-state index is 0.00310. The molecule has 0 radical (unpaired) electrons. The molecular weight excluding hydrogens is 479 g/mol. The zero-order valence-electron chi connectivity index (χ0n) is 18.7. The lowest BCUT2D eigenvalue weighted by molar-refractivity contribution is -0.120. The summed E-state index contributed by atoms with van der Waals surface area (Å²) in [5.74, 6) is -1.87. The fraction of sp³-hybridized carbons (Fsp3) is 0.0741. The Balaban J connectivity index is 1.38. The smallest absolute Gasteiger partial charge is 0.255 e. The second kappa shape index (κ2) is 8.62. The first-order valence-electron chi connectivity index (χ1n) is 11.2. The largest absolute Gasteiger partial charge is 0.508 e. The summed E-state index contributed by atoms with van der Waals surface area (Å²) >= 11 is 1.22. The van der Waals surface area contributed by atoms with E-state index in [0.717, 1.165) is 39.7 Å². The molecule has 2 amide bonds. The third-order valence-electron chi connectivity index (χ3n) is 6.34. The number of aromatic amines is 1. The minimum atomic E-state index is -1.26. The molecule has 178 valence electrons. The van der Waals surface area contributed by atoms with E-state index in [1.807, 2.05) is 48.7 Å². The number of benzene rings is 3. The highest BCUT2D eigenvalue weighted by Crippen LogP contribution is 2.38. The fourth-order valence-corrected chi connectivity index (χ4v) is 5.13. The Morgan fingerprint density at radius 3 is 2.78 bits per heavy atom. The van der Waals surface area contributed by atoms with Gasteiger partial charge in [0.2, 0.25) is 0 Å². The van der Waals surface area contributed by atoms with Gasteiger partial charge in [-0.05, 0) is 64.5 Å². The molecule has 1 atom stereocenters. The van der Waals surface area contributed by atoms with Gasteiger partial charge < -0.3 is 15.0 Å². The van der Waals surface area contributed by atoms with Crippen LogP contribution >= 0.6 is 11.3 Å². The van der Waals surface area contributed by atoms with Crippen molar-refractivity contribution in [1.82, 2.24) is 14.9 Å². The lowest BCUT2D eigenvalue weighted by Crippen LogP contribution is -2.37. The highest BCUT2D eigenvalue weighted by Gasteiger charge is 2.39. The number of anilines is 1. The van der Waals surface area contributed by atoms with Gasteiger partial charge in [0.15, 0.2) is 5.13 Å². The van der Waals surface area contributed by atoms with Crippen LogP contribution in [0.1, 0.15) is 27.5 Å². The van der Waals surface area contributed by atoms with Crippen molar-refractivity contribution in [3.63, 3.8) is 0 Å². The number of H-pyrrole nitrogens is 1. The molecule has 1 aliphatic heterocycles. The van der Waals surface area contributed by atoms with Gasteiger partial charge in [0.1, 0.15) is 17.6 Å². The topological polar surface area (TPSA) is 98.3 Å². The van der Waals surface area contributed by atoms with Crippen LogP contribution in [0.25, 0.3) is 22.0 Å². The zero-order chi connectivity index (χ0) is 24.8. The van der Waals surface area contributed by atoms with Crippen molar-refractivity contribution >= 4 is 39.2 Å². The molecule has 0 bridgehead atoms. The summed E-state index contributed by atoms with van der Waals surface area (Å²) in [5, 5.41) is 16.3. The number of aromatic hydroxyl groups is 1. The van der Waals surface area contributed by atoms with Crippen LogP contribution in [0, 0.1) is 5.82 Å². The standard InChI is InChI=1S/C27H19FN4O3S/c28-19-4-6-23(33)21(13-19)24(25(34)31-27-30-9-10-36-27)32-14-18-2-1-16(12-20(18)26(32)35)15-3-5-22-17(11-15)7-8-29-22/h1-13,24,29,33H,14H2,(H,30,31,34). The number of phenols is 1. The van der Waals surface area contributed by atoms with Crippen molar-refractivity contribution in [3.8, 4) is 16.9 Å². The average molecular weight is 499 g/mol. The molecular formula is C27H19FN4O3S. The number of amides is 2. The Morgan fingerprint density at radius 2 is 1.94 bits per heavy atom. The Hall–Kier alpha value is -4.50. The highest BCUT2D eigenvalue weighted by molar-refractivity contribution is 7.13. The summed E-state index contributed by atoms with van der Waals surface area (Å²) in [6.45, 7) is 0.136. The molecule has 1 unspecified atom stereocenters. The van der Waals surface area contributed by atoms with E-state index in [1.165, 1.54) is 28.5 Å². The molecule has 5 aromatic rings. The van der Waals surface area contributed by atoms with Crippen LogP contribution in [0.2, 0.25) is 0 Å². The quantitative estimate of drug-likeness (QED) is 0.299. The number of carbonyl (C=O) groups is 2. The number of nitrogens with one attached hydrogen (secondary N) is 2. The number of carbonyl (C=O) groups excluding carboxylic acids is 2. The van der Waals surface area contributed by atoms with Crippen LogP contribution in [0.4, 0.5) is 9.52 Å². The predicted molar refractivity (Wildman–Crippen MR) is 135 cm³/mol. The molecule has 0 saturated heterocycles. The second-order valence-corrected chi connectivity index (χ2v) is 9.41. The maximum atomic E-state index is 14.2. The van der Waals surface area contributed by atoms with Gasteiger partial charge in [-0.15, -0.1) is 11.3 Å². The highest BCUT2D eigenvalue weighted by atomic mass is 32.1. The molecule has 9 heteroatoms. The van der Waals surface area contributed by atoms with Crippen molar-refractivity contribution in [1.29, 1.82) is 0 Å². The van der Waals surface area contributed by atoms with Crippen LogP contribution < -0.4 is 5.32 Å². The molecule has 0 saturated carbocycles. The lowest BCUT2D eigenvalue weighted by atomic mass is 9.99. The van der Waals surface area contributed by atoms with E-state index in [-0.39, 0.29) is 23.8 Å². The Bertz CT molecular complexity index is 1630. The van der Waals surface area contributed by atoms with Gasteiger partial charge in [0, 0.05) is 41.0 Å². The fourth-order valence-electron chi connectivity index (χ4n) is 4.60. The summed E-state index contributed by atoms with van der Waals surface area (Å²) in [6.07, 6.45) is 3.41. The van der Waals surface area contributed by atoms with Gasteiger partial charge in [-0.1, -0.05) is 18.2 Å². The van der Waals surface area contributed by atoms with E-state index < -0.39 is 17.8 Å². The van der Waals surface area contributed by atoms with Gasteiger partial charge in [-0.2, -0.15) is 0 Å². The number of fused-ring (bicyclic) bond motifs is 2. The van der Waals surface area contributed by atoms with E-state index >= 15 is 0 Å². The van der Waals surface area contributed by atoms with Crippen LogP contribution in [0.15, 0.2) is 78.4 Å². The van der Waals surface area contributed by atoms with Crippen molar-refractivity contribution in [2.45, 2.75) is 12.6 Å². The Morgan fingerprint density at radius 1 is 1.11 bits per heavy atom. The first-order chi connectivity index (χ1) is 17.5. The summed E-state index contributed by atoms with van der Waals surface area (Å²) in [6, 6.07) is 15.7. The third kappa shape index (κ3) is 3.79. The van der Waals surface area contributed by atoms with Crippen molar-refractivity contribution in [3.05, 3.63) is 101 Å². The molecule has 3 heterocycles. The molecule has 6 rings (SSSR count). The maximum Gasteiger partial charge on any atom is 0.255 e. The van der Waals surface area contributed by atoms with Gasteiger partial charge in [0.05, 0.1) is 0 Å². The number of nitrogens with zero attached hydrogens (tertiary/aromatic N) is 2. The van der Waals surface area contributed by atoms with E-state index in [0.29, 0.717) is 10.7 Å². The first kappa shape index (κ1) is 22.0. The minimum Gasteiger partial charge on any atom is -0.508 e. The Kier molecular flexibility index (Phi) is 5.26. The van der Waals surface area contributed by atoms with Crippen LogP contribution in [-0.4, -0.2) is 31.8 Å². The normalized spacial score (nSPS) is 13.7. The van der Waals surface area contributed by atoms with E-state index in [9.17, 15) is 19.1 Å². The third-order valence-corrected chi connectivity index (χ3v) is 7.02. The van der Waals surface area contributed by atoms with Crippen molar-refractivity contribution < 1.29 is 19.1 Å². The summed E-state index contributed by atoms with van der Waals surface area (Å²) in [5.41, 5.74) is 4.05. The summed E-state index contributed by atoms with van der Waals surface area (Å²) < 4.78 is 14.2. The molecule has 3 aromatic carbocycles. The van der Waals surface area contributed by atoms with Crippen molar-refractivity contribution in [2.24, 2.45) is 0 Å². The molecule has 3 N–H and O–H groups in total. The summed E-state index contributed by atoms with van der Waals surface area (Å²) in [7, 11) is 0. The number of halogens is 1. The van der Waals surface area contributed by atoms with E-state index in [4.69, 9.17) is 0 Å². The van der Waals surface area contributed by atoms with Gasteiger partial charge >= 0.3 is 0 Å². The van der Waals surface area contributed by atoms with Crippen molar-refractivity contribution in [2.75, 3.05) is 5.32 Å².